The van der Waals surface area contributed by atoms with Crippen molar-refractivity contribution in [3.8, 4) is 50.5 Å². The van der Waals surface area contributed by atoms with E-state index in [1.54, 1.807) is 0 Å². The molecule has 0 saturated heterocycles. The van der Waals surface area contributed by atoms with Gasteiger partial charge in [-0.05, 0) is 144 Å². The summed E-state index contributed by atoms with van der Waals surface area (Å²) in [7, 11) is 0. The van der Waals surface area contributed by atoms with Crippen molar-refractivity contribution in [1.29, 1.82) is 0 Å². The van der Waals surface area contributed by atoms with Gasteiger partial charge in [-0.2, -0.15) is 0 Å². The Morgan fingerprint density at radius 2 is 1.00 bits per heavy atom. The maximum absolute atomic E-state index is 4.80. The summed E-state index contributed by atoms with van der Waals surface area (Å²) in [5, 5.41) is 7.41. The lowest BCUT2D eigenvalue weighted by Crippen LogP contribution is -2.26. The minimum Gasteiger partial charge on any atom is -0.278 e. The summed E-state index contributed by atoms with van der Waals surface area (Å²) in [6.45, 7) is 4.35. The molecule has 0 saturated carbocycles. The third-order valence-corrected chi connectivity index (χ3v) is 13.8. The van der Waals surface area contributed by atoms with Gasteiger partial charge in [0.05, 0.1) is 16.4 Å². The normalized spacial score (nSPS) is 14.9. The molecule has 2 heterocycles. The molecule has 0 fully saturated rings. The zero-order valence-corrected chi connectivity index (χ0v) is 34.4. The molecule has 0 aliphatic heterocycles. The molecule has 1 atom stereocenters. The number of benzene rings is 9. The van der Waals surface area contributed by atoms with Crippen LogP contribution in [-0.2, 0) is 5.41 Å². The number of aromatic nitrogens is 3. The Kier molecular flexibility index (Phi) is 7.36. The van der Waals surface area contributed by atoms with Crippen LogP contribution >= 0.6 is 0 Å². The SMILES string of the molecule is C/C=C\c1cccc(-c2c3ccccc3c(-c3ccc4c(c3)C3(c5ccccc5-4)c4ccccc4-c4cc5c6ccccc6n(-c6ncccn6)c5cc43)c3ccccc23)c1C. The van der Waals surface area contributed by atoms with E-state index in [9.17, 15) is 0 Å². The molecule has 0 radical (unpaired) electrons. The maximum Gasteiger partial charge on any atom is 0.234 e. The van der Waals surface area contributed by atoms with Crippen LogP contribution in [0.2, 0.25) is 0 Å². The standard InChI is InChI=1S/C59H39N3/c1-3-16-37-17-14-25-39(36(37)2)57-46-23-6-4-21-44(46)56(45-22-5-7-24-47(45)57)38-29-30-42-40-18-8-11-26-50(40)59(52(42)33-38)51-27-12-9-19-41(51)48-34-49-43-20-10-13-28-54(43)62(55(49)35-53(48)59)58-60-31-15-32-61-58/h3-35H,1-2H3/b16-3-. The quantitative estimate of drug-likeness (QED) is 0.166. The third-order valence-electron chi connectivity index (χ3n) is 13.8. The fourth-order valence-electron chi connectivity index (χ4n) is 11.4. The van der Waals surface area contributed by atoms with E-state index >= 15 is 0 Å². The van der Waals surface area contributed by atoms with Crippen LogP contribution in [0.5, 0.6) is 0 Å². The summed E-state index contributed by atoms with van der Waals surface area (Å²) in [4.78, 5) is 9.60. The zero-order valence-electron chi connectivity index (χ0n) is 34.4. The van der Waals surface area contributed by atoms with Crippen LogP contribution in [0, 0.1) is 6.92 Å². The molecule has 9 aromatic carbocycles. The third kappa shape index (κ3) is 4.54. The summed E-state index contributed by atoms with van der Waals surface area (Å²) in [5.74, 6) is 0.670. The summed E-state index contributed by atoms with van der Waals surface area (Å²) in [6.07, 6.45) is 8.02. The number of fused-ring (bicyclic) bond motifs is 15. The molecule has 13 rings (SSSR count). The first-order valence-electron chi connectivity index (χ1n) is 21.5. The molecule has 2 aromatic heterocycles. The smallest absolute Gasteiger partial charge is 0.234 e. The summed E-state index contributed by atoms with van der Waals surface area (Å²) < 4.78 is 2.25. The van der Waals surface area contributed by atoms with Gasteiger partial charge in [-0.25, -0.2) is 9.97 Å². The summed E-state index contributed by atoms with van der Waals surface area (Å²) in [5.41, 5.74) is 19.6. The lowest BCUT2D eigenvalue weighted by molar-refractivity contribution is 0.794. The van der Waals surface area contributed by atoms with E-state index in [0.29, 0.717) is 5.95 Å². The summed E-state index contributed by atoms with van der Waals surface area (Å²) in [6, 6.07) is 65.7. The largest absolute Gasteiger partial charge is 0.278 e. The second kappa shape index (κ2) is 13.1. The Balaban J connectivity index is 1.13. The van der Waals surface area contributed by atoms with E-state index in [1.807, 2.05) is 18.5 Å². The molecule has 2 aliphatic carbocycles. The number of allylic oxidation sites excluding steroid dienone is 1. The van der Waals surface area contributed by atoms with Crippen LogP contribution in [-0.4, -0.2) is 14.5 Å². The van der Waals surface area contributed by atoms with Crippen molar-refractivity contribution in [3.05, 3.63) is 228 Å². The summed E-state index contributed by atoms with van der Waals surface area (Å²) >= 11 is 0. The predicted molar refractivity (Wildman–Crippen MR) is 258 cm³/mol. The van der Waals surface area contributed by atoms with Crippen molar-refractivity contribution in [2.24, 2.45) is 0 Å². The first-order valence-corrected chi connectivity index (χ1v) is 21.5. The minimum atomic E-state index is -0.559. The van der Waals surface area contributed by atoms with Crippen LogP contribution < -0.4 is 0 Å². The van der Waals surface area contributed by atoms with Gasteiger partial charge in [-0.3, -0.25) is 4.57 Å². The van der Waals surface area contributed by atoms with Gasteiger partial charge in [0.1, 0.15) is 0 Å². The fraction of sp³-hybridized carbons (Fsp3) is 0.0508. The molecular formula is C59H39N3. The molecule has 3 heteroatoms. The van der Waals surface area contributed by atoms with Crippen LogP contribution in [0.25, 0.3) is 99.9 Å². The topological polar surface area (TPSA) is 30.7 Å². The van der Waals surface area contributed by atoms with Crippen LogP contribution in [0.4, 0.5) is 0 Å². The van der Waals surface area contributed by atoms with Gasteiger partial charge in [0, 0.05) is 23.2 Å². The van der Waals surface area contributed by atoms with Crippen LogP contribution in [0.3, 0.4) is 0 Å². The predicted octanol–water partition coefficient (Wildman–Crippen LogP) is 14.9. The Morgan fingerprint density at radius 1 is 0.435 bits per heavy atom. The highest BCUT2D eigenvalue weighted by molar-refractivity contribution is 6.22. The van der Waals surface area contributed by atoms with Gasteiger partial charge in [0.15, 0.2) is 0 Å². The van der Waals surface area contributed by atoms with E-state index in [1.165, 1.54) is 110 Å². The average molecular weight is 790 g/mol. The van der Waals surface area contributed by atoms with E-state index in [0.717, 1.165) is 11.0 Å². The molecule has 62 heavy (non-hydrogen) atoms. The molecule has 2 aliphatic rings. The van der Waals surface area contributed by atoms with E-state index in [2.05, 4.69) is 200 Å². The monoisotopic (exact) mass is 789 g/mol. The van der Waals surface area contributed by atoms with Crippen molar-refractivity contribution in [1.82, 2.24) is 14.5 Å². The Labute approximate surface area is 359 Å². The highest BCUT2D eigenvalue weighted by Gasteiger charge is 2.52. The van der Waals surface area contributed by atoms with Crippen LogP contribution in [0.15, 0.2) is 194 Å². The molecule has 290 valence electrons. The lowest BCUT2D eigenvalue weighted by atomic mass is 9.70. The van der Waals surface area contributed by atoms with E-state index in [-0.39, 0.29) is 0 Å². The van der Waals surface area contributed by atoms with Gasteiger partial charge in [0.2, 0.25) is 5.95 Å². The second-order valence-corrected chi connectivity index (χ2v) is 16.8. The molecule has 0 amide bonds. The van der Waals surface area contributed by atoms with Crippen molar-refractivity contribution in [2.75, 3.05) is 0 Å². The van der Waals surface area contributed by atoms with Crippen molar-refractivity contribution >= 4 is 49.4 Å². The van der Waals surface area contributed by atoms with E-state index in [4.69, 9.17) is 9.97 Å². The van der Waals surface area contributed by atoms with Gasteiger partial charge < -0.3 is 0 Å². The highest BCUT2D eigenvalue weighted by atomic mass is 15.1. The van der Waals surface area contributed by atoms with E-state index < -0.39 is 5.41 Å². The second-order valence-electron chi connectivity index (χ2n) is 16.8. The number of hydrogen-bond donors (Lipinski definition) is 0. The fourth-order valence-corrected chi connectivity index (χ4v) is 11.4. The first-order chi connectivity index (χ1) is 30.7. The molecule has 0 bridgehead atoms. The Hall–Kier alpha value is -7.88. The molecular weight excluding hydrogens is 751 g/mol. The molecule has 1 unspecified atom stereocenters. The molecule has 1 spiro atoms. The van der Waals surface area contributed by atoms with Crippen molar-refractivity contribution < 1.29 is 0 Å². The number of hydrogen-bond acceptors (Lipinski definition) is 2. The number of para-hydroxylation sites is 1. The van der Waals surface area contributed by atoms with Gasteiger partial charge >= 0.3 is 0 Å². The highest BCUT2D eigenvalue weighted by Crippen LogP contribution is 2.64. The molecule has 3 nitrogen and oxygen atoms in total. The van der Waals surface area contributed by atoms with Gasteiger partial charge in [0.25, 0.3) is 0 Å². The number of nitrogens with zero attached hydrogens (tertiary/aromatic N) is 3. The lowest BCUT2D eigenvalue weighted by Gasteiger charge is -2.31. The van der Waals surface area contributed by atoms with Gasteiger partial charge in [-0.1, -0.05) is 158 Å². The number of rotatable bonds is 4. The Bertz CT molecular complexity index is 3660. The van der Waals surface area contributed by atoms with Gasteiger partial charge in [-0.15, -0.1) is 0 Å². The van der Waals surface area contributed by atoms with Crippen LogP contribution in [0.1, 0.15) is 40.3 Å². The minimum absolute atomic E-state index is 0.559. The molecule has 0 N–H and O–H groups in total. The molecule has 11 aromatic rings. The maximum atomic E-state index is 4.80. The average Bonchev–Trinajstić information content (AvgIpc) is 3.92. The van der Waals surface area contributed by atoms with Crippen molar-refractivity contribution in [2.45, 2.75) is 19.3 Å². The first kappa shape index (κ1) is 34.9. The zero-order chi connectivity index (χ0) is 41.1. The van der Waals surface area contributed by atoms with Crippen molar-refractivity contribution in [3.63, 3.8) is 0 Å². The Morgan fingerprint density at radius 3 is 1.69 bits per heavy atom.